The fraction of sp³-hybridized carbons (Fsp3) is 0.368. The van der Waals surface area contributed by atoms with Gasteiger partial charge in [0.1, 0.15) is 0 Å². The van der Waals surface area contributed by atoms with Crippen LogP contribution in [0.3, 0.4) is 0 Å². The van der Waals surface area contributed by atoms with E-state index in [4.69, 9.17) is 5.73 Å². The first-order chi connectivity index (χ1) is 10.1. The van der Waals surface area contributed by atoms with Crippen molar-refractivity contribution in [1.82, 2.24) is 0 Å². The summed E-state index contributed by atoms with van der Waals surface area (Å²) in [6.45, 7) is 4.32. The minimum absolute atomic E-state index is 0. The summed E-state index contributed by atoms with van der Waals surface area (Å²) >= 11 is 0. The lowest BCUT2D eigenvalue weighted by atomic mass is 9.94. The van der Waals surface area contributed by atoms with E-state index in [-0.39, 0.29) is 18.4 Å². The van der Waals surface area contributed by atoms with Crippen molar-refractivity contribution in [2.24, 2.45) is 11.7 Å². The second kappa shape index (κ2) is 8.94. The van der Waals surface area contributed by atoms with Crippen molar-refractivity contribution < 1.29 is 5.11 Å². The van der Waals surface area contributed by atoms with E-state index in [1.807, 2.05) is 30.3 Å². The van der Waals surface area contributed by atoms with Crippen molar-refractivity contribution in [3.8, 4) is 11.1 Å². The number of aliphatic hydroxyl groups is 1. The van der Waals surface area contributed by atoms with Crippen LogP contribution in [0.1, 0.15) is 38.3 Å². The minimum atomic E-state index is -0.488. The molecule has 0 aromatic heterocycles. The van der Waals surface area contributed by atoms with Crippen LogP contribution in [0.2, 0.25) is 0 Å². The average molecular weight is 320 g/mol. The molecular formula is C19H26ClNO. The molecule has 2 nitrogen and oxygen atoms in total. The molecule has 3 N–H and O–H groups in total. The third kappa shape index (κ3) is 5.13. The van der Waals surface area contributed by atoms with E-state index in [1.165, 1.54) is 5.56 Å². The predicted octanol–water partition coefficient (Wildman–Crippen LogP) is 4.57. The molecule has 2 atom stereocenters. The topological polar surface area (TPSA) is 46.2 Å². The summed E-state index contributed by atoms with van der Waals surface area (Å²) in [6.07, 6.45) is 1.25. The monoisotopic (exact) mass is 319 g/mol. The highest BCUT2D eigenvalue weighted by atomic mass is 35.5. The highest BCUT2D eigenvalue weighted by Crippen LogP contribution is 2.25. The average Bonchev–Trinajstić information content (AvgIpc) is 2.52. The minimum Gasteiger partial charge on any atom is -0.391 e. The van der Waals surface area contributed by atoms with Crippen LogP contribution in [0.5, 0.6) is 0 Å². The Kier molecular flexibility index (Phi) is 7.60. The summed E-state index contributed by atoms with van der Waals surface area (Å²) < 4.78 is 0. The maximum atomic E-state index is 10.3. The van der Waals surface area contributed by atoms with E-state index in [9.17, 15) is 5.11 Å². The smallest absolute Gasteiger partial charge is 0.0732 e. The van der Waals surface area contributed by atoms with Crippen LogP contribution in [0, 0.1) is 5.92 Å². The van der Waals surface area contributed by atoms with Gasteiger partial charge in [-0.25, -0.2) is 0 Å². The highest BCUT2D eigenvalue weighted by Gasteiger charge is 2.17. The Balaban J connectivity index is 0.00000242. The summed E-state index contributed by atoms with van der Waals surface area (Å²) in [5.74, 6) is 0.586. The molecule has 0 radical (unpaired) electrons. The zero-order valence-electron chi connectivity index (χ0n) is 13.3. The Hall–Kier alpha value is -1.35. The number of nitrogens with two attached hydrogens (primary N) is 1. The molecule has 120 valence electrons. The van der Waals surface area contributed by atoms with Crippen LogP contribution < -0.4 is 5.73 Å². The van der Waals surface area contributed by atoms with Gasteiger partial charge in [-0.1, -0.05) is 62.4 Å². The third-order valence-electron chi connectivity index (χ3n) is 3.83. The number of hydrogen-bond donors (Lipinski definition) is 2. The van der Waals surface area contributed by atoms with Crippen LogP contribution in [0.25, 0.3) is 11.1 Å². The highest BCUT2D eigenvalue weighted by molar-refractivity contribution is 5.85. The van der Waals surface area contributed by atoms with Gasteiger partial charge in [0.05, 0.1) is 12.1 Å². The summed E-state index contributed by atoms with van der Waals surface area (Å²) in [7, 11) is 0. The van der Waals surface area contributed by atoms with Crippen molar-refractivity contribution in [3.63, 3.8) is 0 Å². The molecule has 0 unspecified atom stereocenters. The third-order valence-corrected chi connectivity index (χ3v) is 3.83. The Labute approximate surface area is 139 Å². The molecule has 0 saturated heterocycles. The Morgan fingerprint density at radius 1 is 0.909 bits per heavy atom. The molecule has 0 fully saturated rings. The summed E-state index contributed by atoms with van der Waals surface area (Å²) in [4.78, 5) is 0. The van der Waals surface area contributed by atoms with Crippen molar-refractivity contribution >= 4 is 12.4 Å². The summed E-state index contributed by atoms with van der Waals surface area (Å²) in [5, 5.41) is 10.3. The zero-order valence-corrected chi connectivity index (χ0v) is 14.1. The van der Waals surface area contributed by atoms with E-state index in [1.54, 1.807) is 0 Å². The Morgan fingerprint density at radius 3 is 2.18 bits per heavy atom. The lowest BCUT2D eigenvalue weighted by molar-refractivity contribution is 0.128. The van der Waals surface area contributed by atoms with Crippen LogP contribution >= 0.6 is 12.4 Å². The van der Waals surface area contributed by atoms with E-state index < -0.39 is 6.10 Å². The largest absolute Gasteiger partial charge is 0.391 e. The van der Waals surface area contributed by atoms with E-state index in [0.717, 1.165) is 24.0 Å². The molecule has 22 heavy (non-hydrogen) atoms. The maximum absolute atomic E-state index is 10.3. The quantitative estimate of drug-likeness (QED) is 0.819. The standard InChI is InChI=1S/C19H25NO.ClH/c1-14(2)11-12-18(21)19(20)17-10-6-9-16(13-17)15-7-4-3-5-8-15;/h3-10,13-14,18-19,21H,11-12,20H2,1-2H3;1H/t18-,19+;/m1./s1. The Morgan fingerprint density at radius 2 is 1.55 bits per heavy atom. The van der Waals surface area contributed by atoms with E-state index >= 15 is 0 Å². The van der Waals surface area contributed by atoms with Gasteiger partial charge in [-0.15, -0.1) is 12.4 Å². The maximum Gasteiger partial charge on any atom is 0.0732 e. The first kappa shape index (κ1) is 18.7. The van der Waals surface area contributed by atoms with Crippen molar-refractivity contribution in [2.75, 3.05) is 0 Å². The molecular weight excluding hydrogens is 294 g/mol. The molecule has 0 heterocycles. The van der Waals surface area contributed by atoms with Gasteiger partial charge < -0.3 is 10.8 Å². The summed E-state index contributed by atoms with van der Waals surface area (Å²) in [6, 6.07) is 18.1. The van der Waals surface area contributed by atoms with Gasteiger partial charge in [-0.05, 0) is 41.5 Å². The second-order valence-electron chi connectivity index (χ2n) is 6.06. The molecule has 2 rings (SSSR count). The van der Waals surface area contributed by atoms with Crippen LogP contribution in [0.15, 0.2) is 54.6 Å². The van der Waals surface area contributed by atoms with Gasteiger partial charge in [0.25, 0.3) is 0 Å². The van der Waals surface area contributed by atoms with Crippen LogP contribution in [-0.4, -0.2) is 11.2 Å². The van der Waals surface area contributed by atoms with Gasteiger partial charge in [-0.3, -0.25) is 0 Å². The van der Waals surface area contributed by atoms with Crippen LogP contribution in [0.4, 0.5) is 0 Å². The van der Waals surface area contributed by atoms with Gasteiger partial charge >= 0.3 is 0 Å². The lowest BCUT2D eigenvalue weighted by Gasteiger charge is -2.20. The molecule has 2 aromatic rings. The van der Waals surface area contributed by atoms with Gasteiger partial charge in [0.15, 0.2) is 0 Å². The first-order valence-corrected chi connectivity index (χ1v) is 7.67. The fourth-order valence-electron chi connectivity index (χ4n) is 2.46. The molecule has 0 bridgehead atoms. The fourth-order valence-corrected chi connectivity index (χ4v) is 2.46. The molecule has 0 aliphatic rings. The lowest BCUT2D eigenvalue weighted by Crippen LogP contribution is -2.26. The van der Waals surface area contributed by atoms with E-state index in [0.29, 0.717) is 5.92 Å². The number of aliphatic hydroxyl groups excluding tert-OH is 1. The van der Waals surface area contributed by atoms with Gasteiger partial charge in [0, 0.05) is 0 Å². The van der Waals surface area contributed by atoms with E-state index in [2.05, 4.69) is 38.1 Å². The molecule has 2 aromatic carbocycles. The van der Waals surface area contributed by atoms with Gasteiger partial charge in [-0.2, -0.15) is 0 Å². The number of halogens is 1. The molecule has 0 saturated carbocycles. The molecule has 0 spiro atoms. The van der Waals surface area contributed by atoms with Crippen molar-refractivity contribution in [3.05, 3.63) is 60.2 Å². The van der Waals surface area contributed by atoms with Crippen molar-refractivity contribution in [2.45, 2.75) is 38.8 Å². The predicted molar refractivity (Wildman–Crippen MR) is 96.1 cm³/mol. The number of benzene rings is 2. The Bertz CT molecular complexity index is 556. The number of hydrogen-bond acceptors (Lipinski definition) is 2. The normalized spacial score (nSPS) is 13.5. The zero-order chi connectivity index (χ0) is 15.2. The number of rotatable bonds is 6. The van der Waals surface area contributed by atoms with Crippen molar-refractivity contribution in [1.29, 1.82) is 0 Å². The first-order valence-electron chi connectivity index (χ1n) is 7.67. The van der Waals surface area contributed by atoms with Crippen LogP contribution in [-0.2, 0) is 0 Å². The summed E-state index contributed by atoms with van der Waals surface area (Å²) in [5.41, 5.74) is 9.52. The molecule has 0 amide bonds. The molecule has 0 aliphatic carbocycles. The second-order valence-corrected chi connectivity index (χ2v) is 6.06. The molecule has 3 heteroatoms. The molecule has 0 aliphatic heterocycles. The van der Waals surface area contributed by atoms with Gasteiger partial charge in [0.2, 0.25) is 0 Å². The SMILES string of the molecule is CC(C)CC[C@@H](O)[C@@H](N)c1cccc(-c2ccccc2)c1.Cl.